The summed E-state index contributed by atoms with van der Waals surface area (Å²) in [6, 6.07) is 0. The molecule has 0 fully saturated rings. The molecular weight excluding hydrogens is 206 g/mol. The van der Waals surface area contributed by atoms with E-state index in [1.807, 2.05) is 31.9 Å². The first-order chi connectivity index (χ1) is 7.46. The molecule has 2 aliphatic heterocycles. The molecule has 1 amide bonds. The van der Waals surface area contributed by atoms with Gasteiger partial charge in [0.05, 0.1) is 5.70 Å². The van der Waals surface area contributed by atoms with Gasteiger partial charge in [-0.25, -0.2) is 4.79 Å². The molecule has 0 N–H and O–H groups in total. The summed E-state index contributed by atoms with van der Waals surface area (Å²) < 4.78 is 5.25. The second-order valence-corrected chi connectivity index (χ2v) is 4.66. The minimum absolute atomic E-state index is 0.379. The molecule has 0 aromatic carbocycles. The normalized spacial score (nSPS) is 18.6. The molecule has 2 heterocycles. The fourth-order valence-corrected chi connectivity index (χ4v) is 1.38. The predicted molar refractivity (Wildman–Crippen MR) is 60.5 cm³/mol. The number of aliphatic imine (C=N–C) groups is 1. The molecule has 0 saturated heterocycles. The third kappa shape index (κ3) is 2.24. The zero-order chi connectivity index (χ0) is 11.8. The van der Waals surface area contributed by atoms with E-state index < -0.39 is 5.60 Å². The second-order valence-electron chi connectivity index (χ2n) is 4.66. The van der Waals surface area contributed by atoms with Crippen molar-refractivity contribution in [3.05, 3.63) is 24.3 Å². The zero-order valence-corrected chi connectivity index (χ0v) is 9.67. The van der Waals surface area contributed by atoms with Gasteiger partial charge in [-0.05, 0) is 20.8 Å². The van der Waals surface area contributed by atoms with Crippen molar-refractivity contribution in [1.82, 2.24) is 9.80 Å². The number of ether oxygens (including phenoxy) is 1. The molecule has 5 nitrogen and oxygen atoms in total. The van der Waals surface area contributed by atoms with Crippen LogP contribution in [0, 0.1) is 0 Å². The number of carbonyl (C=O) groups excluding carboxylic acids is 1. The number of allylic oxidation sites excluding steroid dienone is 1. The Morgan fingerprint density at radius 1 is 1.44 bits per heavy atom. The van der Waals surface area contributed by atoms with Crippen LogP contribution in [0.25, 0.3) is 0 Å². The molecular formula is C11H15N3O2. The maximum absolute atomic E-state index is 11.7. The van der Waals surface area contributed by atoms with Crippen molar-refractivity contribution in [2.24, 2.45) is 4.99 Å². The molecule has 16 heavy (non-hydrogen) atoms. The lowest BCUT2D eigenvalue weighted by Crippen LogP contribution is -2.33. The van der Waals surface area contributed by atoms with Crippen LogP contribution >= 0.6 is 0 Å². The van der Waals surface area contributed by atoms with Crippen LogP contribution in [0.1, 0.15) is 20.8 Å². The van der Waals surface area contributed by atoms with Crippen molar-refractivity contribution in [3.63, 3.8) is 0 Å². The summed E-state index contributed by atoms with van der Waals surface area (Å²) in [5.74, 6) is 0. The Balaban J connectivity index is 2.06. The maximum Gasteiger partial charge on any atom is 0.418 e. The number of hydrogen-bond donors (Lipinski definition) is 0. The van der Waals surface area contributed by atoms with Gasteiger partial charge in [-0.3, -0.25) is 9.89 Å². The van der Waals surface area contributed by atoms with Crippen molar-refractivity contribution < 1.29 is 9.53 Å². The highest BCUT2D eigenvalue weighted by Crippen LogP contribution is 2.18. The largest absolute Gasteiger partial charge is 0.443 e. The van der Waals surface area contributed by atoms with Crippen LogP contribution in [0.3, 0.4) is 0 Å². The summed E-state index contributed by atoms with van der Waals surface area (Å²) in [7, 11) is 0. The van der Waals surface area contributed by atoms with Gasteiger partial charge in [-0.2, -0.15) is 0 Å². The second kappa shape index (κ2) is 3.66. The van der Waals surface area contributed by atoms with E-state index in [-0.39, 0.29) is 6.09 Å². The summed E-state index contributed by atoms with van der Waals surface area (Å²) in [6.07, 6.45) is 6.56. The van der Waals surface area contributed by atoms with Gasteiger partial charge in [-0.1, -0.05) is 0 Å². The average Bonchev–Trinajstić information content (AvgIpc) is 2.61. The minimum Gasteiger partial charge on any atom is -0.443 e. The van der Waals surface area contributed by atoms with Crippen molar-refractivity contribution in [3.8, 4) is 0 Å². The van der Waals surface area contributed by atoms with Gasteiger partial charge in [0.1, 0.15) is 12.3 Å². The molecule has 0 bridgehead atoms. The minimum atomic E-state index is -0.482. The lowest BCUT2D eigenvalue weighted by molar-refractivity contribution is 0.0392. The Morgan fingerprint density at radius 3 is 2.88 bits per heavy atom. The Bertz CT molecular complexity index is 391. The number of carbonyl (C=O) groups is 1. The molecule has 5 heteroatoms. The molecule has 2 rings (SSSR count). The maximum atomic E-state index is 11.7. The van der Waals surface area contributed by atoms with Crippen LogP contribution in [0.15, 0.2) is 29.3 Å². The molecule has 0 unspecified atom stereocenters. The quantitative estimate of drug-likeness (QED) is 0.627. The standard InChI is InChI=1S/C11H15N3O2/c1-11(2,3)16-10(15)13-4-5-14-8-12-6-9(14)7-13/h4-7H,8H2,1-3H3. The fourth-order valence-electron chi connectivity index (χ4n) is 1.38. The van der Waals surface area contributed by atoms with Gasteiger partial charge in [0.15, 0.2) is 0 Å². The number of rotatable bonds is 0. The van der Waals surface area contributed by atoms with Crippen LogP contribution in [0.5, 0.6) is 0 Å². The molecule has 86 valence electrons. The van der Waals surface area contributed by atoms with Crippen molar-refractivity contribution in [2.45, 2.75) is 26.4 Å². The molecule has 0 atom stereocenters. The molecule has 0 aliphatic carbocycles. The highest BCUT2D eigenvalue weighted by atomic mass is 16.6. The van der Waals surface area contributed by atoms with Crippen molar-refractivity contribution in [1.29, 1.82) is 0 Å². The predicted octanol–water partition coefficient (Wildman–Crippen LogP) is 1.89. The summed E-state index contributed by atoms with van der Waals surface area (Å²) in [5.41, 5.74) is 0.415. The number of hydrogen-bond acceptors (Lipinski definition) is 4. The highest BCUT2D eigenvalue weighted by molar-refractivity contribution is 5.82. The van der Waals surface area contributed by atoms with Crippen molar-refractivity contribution >= 4 is 12.3 Å². The van der Waals surface area contributed by atoms with Gasteiger partial charge < -0.3 is 9.64 Å². The number of fused-ring (bicyclic) bond motifs is 1. The monoisotopic (exact) mass is 221 g/mol. The van der Waals surface area contributed by atoms with Gasteiger partial charge in [0, 0.05) is 24.8 Å². The molecule has 0 saturated carbocycles. The van der Waals surface area contributed by atoms with E-state index in [1.165, 1.54) is 4.90 Å². The Morgan fingerprint density at radius 2 is 2.19 bits per heavy atom. The summed E-state index contributed by atoms with van der Waals surface area (Å²) >= 11 is 0. The molecule has 0 spiro atoms. The lowest BCUT2D eigenvalue weighted by atomic mass is 10.2. The van der Waals surface area contributed by atoms with E-state index in [9.17, 15) is 4.79 Å². The van der Waals surface area contributed by atoms with E-state index in [4.69, 9.17) is 4.74 Å². The van der Waals surface area contributed by atoms with E-state index in [0.717, 1.165) is 5.70 Å². The van der Waals surface area contributed by atoms with Crippen LogP contribution in [0.4, 0.5) is 4.79 Å². The van der Waals surface area contributed by atoms with E-state index in [2.05, 4.69) is 4.99 Å². The van der Waals surface area contributed by atoms with Gasteiger partial charge in [-0.15, -0.1) is 0 Å². The van der Waals surface area contributed by atoms with Gasteiger partial charge in [0.2, 0.25) is 0 Å². The van der Waals surface area contributed by atoms with E-state index >= 15 is 0 Å². The molecule has 0 aromatic heterocycles. The SMILES string of the molecule is CC(C)(C)OC(=O)N1C=CN2CN=CC2=C1. The Kier molecular flexibility index (Phi) is 2.46. The average molecular weight is 221 g/mol. The van der Waals surface area contributed by atoms with Crippen LogP contribution < -0.4 is 0 Å². The fraction of sp³-hybridized carbons (Fsp3) is 0.455. The number of nitrogens with zero attached hydrogens (tertiary/aromatic N) is 3. The van der Waals surface area contributed by atoms with Crippen molar-refractivity contribution in [2.75, 3.05) is 6.67 Å². The number of amides is 1. The zero-order valence-electron chi connectivity index (χ0n) is 9.67. The first-order valence-electron chi connectivity index (χ1n) is 5.14. The summed E-state index contributed by atoms with van der Waals surface area (Å²) in [6.45, 7) is 6.14. The van der Waals surface area contributed by atoms with Crippen LogP contribution in [0.2, 0.25) is 0 Å². The highest BCUT2D eigenvalue weighted by Gasteiger charge is 2.23. The van der Waals surface area contributed by atoms with Gasteiger partial charge in [0.25, 0.3) is 0 Å². The first kappa shape index (κ1) is 10.7. The summed E-state index contributed by atoms with van der Waals surface area (Å²) in [4.78, 5) is 19.2. The Hall–Kier alpha value is -1.78. The first-order valence-corrected chi connectivity index (χ1v) is 5.14. The molecule has 0 aromatic rings. The van der Waals surface area contributed by atoms with E-state index in [1.54, 1.807) is 18.6 Å². The lowest BCUT2D eigenvalue weighted by Gasteiger charge is -2.27. The smallest absolute Gasteiger partial charge is 0.418 e. The third-order valence-corrected chi connectivity index (χ3v) is 2.07. The van der Waals surface area contributed by atoms with Gasteiger partial charge >= 0.3 is 6.09 Å². The van der Waals surface area contributed by atoms with E-state index in [0.29, 0.717) is 6.67 Å². The van der Waals surface area contributed by atoms with Crippen LogP contribution in [-0.4, -0.2) is 34.4 Å². The topological polar surface area (TPSA) is 45.1 Å². The third-order valence-electron chi connectivity index (χ3n) is 2.07. The Labute approximate surface area is 94.7 Å². The van der Waals surface area contributed by atoms with Crippen LogP contribution in [-0.2, 0) is 4.74 Å². The molecule has 0 radical (unpaired) electrons. The molecule has 2 aliphatic rings. The summed E-state index contributed by atoms with van der Waals surface area (Å²) in [5, 5.41) is 0.